The molecule has 9 heteroatoms. The highest BCUT2D eigenvalue weighted by atomic mass is 35.5. The van der Waals surface area contributed by atoms with Crippen molar-refractivity contribution in [3.63, 3.8) is 0 Å². The van der Waals surface area contributed by atoms with E-state index < -0.39 is 11.8 Å². The van der Waals surface area contributed by atoms with Gasteiger partial charge in [0.2, 0.25) is 5.95 Å². The maximum absolute atomic E-state index is 14.7. The monoisotopic (exact) mass is 429 g/mol. The van der Waals surface area contributed by atoms with Gasteiger partial charge in [-0.05, 0) is 30.3 Å². The predicted octanol–water partition coefficient (Wildman–Crippen LogP) is 5.15. The second kappa shape index (κ2) is 7.07. The molecule has 152 valence electrons. The number of ether oxygens (including phenoxy) is 2. The van der Waals surface area contributed by atoms with E-state index in [1.165, 1.54) is 22.6 Å². The first-order chi connectivity index (χ1) is 14.5. The van der Waals surface area contributed by atoms with Crippen molar-refractivity contribution in [3.8, 4) is 28.5 Å². The van der Waals surface area contributed by atoms with Crippen molar-refractivity contribution in [1.29, 1.82) is 0 Å². The third kappa shape index (κ3) is 3.05. The maximum atomic E-state index is 14.7. The van der Waals surface area contributed by atoms with Gasteiger partial charge in [0.25, 0.3) is 0 Å². The van der Waals surface area contributed by atoms with E-state index >= 15 is 0 Å². The Morgan fingerprint density at radius 3 is 2.63 bits per heavy atom. The molecule has 0 atom stereocenters. The normalized spacial score (nSPS) is 12.9. The number of phenols is 1. The summed E-state index contributed by atoms with van der Waals surface area (Å²) in [6.45, 7) is 0.876. The fourth-order valence-corrected chi connectivity index (χ4v) is 3.68. The molecule has 0 radical (unpaired) electrons. The lowest BCUT2D eigenvalue weighted by Gasteiger charge is -2.19. The highest BCUT2D eigenvalue weighted by molar-refractivity contribution is 6.33. The Balaban J connectivity index is 1.70. The first kappa shape index (κ1) is 18.5. The van der Waals surface area contributed by atoms with Crippen LogP contribution in [0.25, 0.3) is 16.9 Å². The molecule has 0 bridgehead atoms. The van der Waals surface area contributed by atoms with Crippen molar-refractivity contribution in [1.82, 2.24) is 9.38 Å². The van der Waals surface area contributed by atoms with Crippen LogP contribution in [0, 0.1) is 11.8 Å². The molecule has 2 N–H and O–H groups in total. The van der Waals surface area contributed by atoms with Crippen molar-refractivity contribution in [2.75, 3.05) is 18.5 Å². The van der Waals surface area contributed by atoms with Crippen LogP contribution < -0.4 is 14.8 Å². The fraction of sp³-hybridized carbons (Fsp3) is 0.0952. The van der Waals surface area contributed by atoms with Gasteiger partial charge in [-0.25, -0.2) is 9.37 Å². The Hall–Kier alpha value is -3.52. The highest BCUT2D eigenvalue weighted by Gasteiger charge is 2.23. The van der Waals surface area contributed by atoms with Crippen LogP contribution in [0.3, 0.4) is 0 Å². The number of fused-ring (bicyclic) bond motifs is 2. The van der Waals surface area contributed by atoms with Gasteiger partial charge in [0.05, 0.1) is 10.6 Å². The Morgan fingerprint density at radius 1 is 1.03 bits per heavy atom. The first-order valence-electron chi connectivity index (χ1n) is 9.03. The summed E-state index contributed by atoms with van der Waals surface area (Å²) in [6.07, 6.45) is 0. The summed E-state index contributed by atoms with van der Waals surface area (Å²) in [7, 11) is 0. The minimum atomic E-state index is -0.783. The number of phenolic OH excluding ortho intramolecular Hbond substituents is 1. The summed E-state index contributed by atoms with van der Waals surface area (Å²) in [5.41, 5.74) is 0.851. The second-order valence-corrected chi connectivity index (χ2v) is 7.03. The van der Waals surface area contributed by atoms with Crippen LogP contribution in [0.1, 0.15) is 0 Å². The van der Waals surface area contributed by atoms with Gasteiger partial charge in [0, 0.05) is 17.8 Å². The molecule has 0 fully saturated rings. The van der Waals surface area contributed by atoms with Crippen LogP contribution in [-0.4, -0.2) is 27.7 Å². The molecule has 0 saturated carbocycles. The average Bonchev–Trinajstić information content (AvgIpc) is 3.06. The molecule has 0 aliphatic carbocycles. The molecule has 5 rings (SSSR count). The molecule has 30 heavy (non-hydrogen) atoms. The minimum absolute atomic E-state index is 0.0541. The molecular formula is C21H14ClF2N3O3. The van der Waals surface area contributed by atoms with Crippen molar-refractivity contribution >= 4 is 28.8 Å². The lowest BCUT2D eigenvalue weighted by molar-refractivity contribution is 0.171. The molecule has 6 nitrogen and oxygen atoms in total. The number of hydrogen-bond acceptors (Lipinski definition) is 5. The van der Waals surface area contributed by atoms with Crippen molar-refractivity contribution in [3.05, 3.63) is 65.3 Å². The minimum Gasteiger partial charge on any atom is -0.508 e. The van der Waals surface area contributed by atoms with Crippen molar-refractivity contribution in [2.24, 2.45) is 0 Å². The van der Waals surface area contributed by atoms with Gasteiger partial charge in [-0.3, -0.25) is 4.40 Å². The van der Waals surface area contributed by atoms with Gasteiger partial charge in [-0.15, -0.1) is 0 Å². The lowest BCUT2D eigenvalue weighted by atomic mass is 10.1. The van der Waals surface area contributed by atoms with Gasteiger partial charge in [0.1, 0.15) is 41.9 Å². The standard InChI is InChI=1S/C21H14ClF2N3O3/c22-13-9-12(28)10-14(23)19(13)20-21(27-17(24)2-1-3-18(27)26-20)25-11-4-5-15-16(8-11)30-7-6-29-15/h1-5,8-10,25,28H,6-7H2. The van der Waals surface area contributed by atoms with Crippen molar-refractivity contribution < 1.29 is 23.4 Å². The van der Waals surface area contributed by atoms with E-state index in [1.54, 1.807) is 24.3 Å². The van der Waals surface area contributed by atoms with Gasteiger partial charge in [0.15, 0.2) is 11.5 Å². The zero-order chi connectivity index (χ0) is 20.8. The maximum Gasteiger partial charge on any atom is 0.201 e. The molecule has 2 aromatic heterocycles. The molecule has 4 aromatic rings. The smallest absolute Gasteiger partial charge is 0.201 e. The fourth-order valence-electron chi connectivity index (χ4n) is 3.39. The summed E-state index contributed by atoms with van der Waals surface area (Å²) in [5, 5.41) is 12.7. The van der Waals surface area contributed by atoms with E-state index in [2.05, 4.69) is 10.3 Å². The summed E-state index contributed by atoms with van der Waals surface area (Å²) in [5.74, 6) is -0.389. The molecule has 0 unspecified atom stereocenters. The van der Waals surface area contributed by atoms with Crippen LogP contribution in [0.2, 0.25) is 5.02 Å². The quantitative estimate of drug-likeness (QED) is 0.441. The van der Waals surface area contributed by atoms with E-state index in [9.17, 15) is 13.9 Å². The third-order valence-electron chi connectivity index (χ3n) is 4.66. The molecule has 1 aliphatic heterocycles. The molecule has 1 aliphatic rings. The molecule has 0 amide bonds. The van der Waals surface area contributed by atoms with Gasteiger partial charge < -0.3 is 19.9 Å². The number of aromatic hydroxyl groups is 1. The van der Waals surface area contributed by atoms with Crippen LogP contribution >= 0.6 is 11.6 Å². The highest BCUT2D eigenvalue weighted by Crippen LogP contribution is 2.40. The number of nitrogens with one attached hydrogen (secondary N) is 1. The molecule has 0 saturated heterocycles. The van der Waals surface area contributed by atoms with E-state index in [0.717, 1.165) is 6.07 Å². The molecule has 3 heterocycles. The first-order valence-corrected chi connectivity index (χ1v) is 9.41. The number of aromatic nitrogens is 2. The number of benzene rings is 2. The summed E-state index contributed by atoms with van der Waals surface area (Å²) in [6, 6.07) is 11.6. The van der Waals surface area contributed by atoms with Crippen molar-refractivity contribution in [2.45, 2.75) is 0 Å². The third-order valence-corrected chi connectivity index (χ3v) is 4.96. The Bertz CT molecular complexity index is 1270. The molecule has 0 spiro atoms. The number of halogens is 3. The number of imidazole rings is 1. The van der Waals surface area contributed by atoms with E-state index in [-0.39, 0.29) is 33.5 Å². The van der Waals surface area contributed by atoms with Crippen LogP contribution in [0.15, 0.2) is 48.5 Å². The summed E-state index contributed by atoms with van der Waals surface area (Å²) < 4.78 is 41.7. The van der Waals surface area contributed by atoms with Crippen LogP contribution in [-0.2, 0) is 0 Å². The summed E-state index contributed by atoms with van der Waals surface area (Å²) >= 11 is 6.20. The lowest BCUT2D eigenvalue weighted by Crippen LogP contribution is -2.15. The second-order valence-electron chi connectivity index (χ2n) is 6.62. The van der Waals surface area contributed by atoms with Crippen LogP contribution in [0.4, 0.5) is 20.3 Å². The van der Waals surface area contributed by atoms with Gasteiger partial charge in [-0.1, -0.05) is 17.7 Å². The van der Waals surface area contributed by atoms with E-state index in [1.807, 2.05) is 0 Å². The molecular weight excluding hydrogens is 416 g/mol. The zero-order valence-corrected chi connectivity index (χ0v) is 16.1. The largest absolute Gasteiger partial charge is 0.508 e. The van der Waals surface area contributed by atoms with Gasteiger partial charge in [-0.2, -0.15) is 4.39 Å². The summed E-state index contributed by atoms with van der Waals surface area (Å²) in [4.78, 5) is 4.38. The number of pyridine rings is 1. The van der Waals surface area contributed by atoms with Gasteiger partial charge >= 0.3 is 0 Å². The Morgan fingerprint density at radius 2 is 1.83 bits per heavy atom. The Kier molecular flexibility index (Phi) is 4.36. The van der Waals surface area contributed by atoms with E-state index in [0.29, 0.717) is 30.4 Å². The van der Waals surface area contributed by atoms with E-state index in [4.69, 9.17) is 21.1 Å². The number of rotatable bonds is 3. The number of hydrogen-bond donors (Lipinski definition) is 2. The average molecular weight is 430 g/mol. The zero-order valence-electron chi connectivity index (χ0n) is 15.3. The predicted molar refractivity (Wildman–Crippen MR) is 108 cm³/mol. The SMILES string of the molecule is Oc1cc(F)c(-c2nc3cccc(F)n3c2Nc2ccc3c(c2)OCCO3)c(Cl)c1. The number of anilines is 2. The topological polar surface area (TPSA) is 68.0 Å². The Labute approximate surface area is 174 Å². The van der Waals surface area contributed by atoms with Crippen LogP contribution in [0.5, 0.6) is 17.2 Å². The molecule has 2 aromatic carbocycles. The number of nitrogens with zero attached hydrogens (tertiary/aromatic N) is 2.